The average molecular weight is 613 g/mol. The number of pyridine rings is 2. The van der Waals surface area contributed by atoms with E-state index in [0.29, 0.717) is 6.54 Å². The van der Waals surface area contributed by atoms with E-state index in [2.05, 4.69) is 108 Å². The fourth-order valence-corrected chi connectivity index (χ4v) is 5.10. The van der Waals surface area contributed by atoms with Crippen molar-refractivity contribution in [2.24, 2.45) is 9.98 Å². The SMILES string of the molecule is CC/C=C\CC(N=C(c1ccccc1)c1ccccc1)c1cccnc1.c1ccc(C(=NCc2cccnc2)c2ccccc2)cc1. The first-order valence-electron chi connectivity index (χ1n) is 16.1. The highest BCUT2D eigenvalue weighted by molar-refractivity contribution is 6.13. The smallest absolute Gasteiger partial charge is 0.0805 e. The summed E-state index contributed by atoms with van der Waals surface area (Å²) < 4.78 is 0. The Morgan fingerprint density at radius 3 is 1.49 bits per heavy atom. The molecular formula is C43H40N4. The number of allylic oxidation sites excluding steroid dienone is 1. The zero-order valence-electron chi connectivity index (χ0n) is 26.8. The lowest BCUT2D eigenvalue weighted by molar-refractivity contribution is 0.738. The van der Waals surface area contributed by atoms with Gasteiger partial charge in [0.15, 0.2) is 0 Å². The van der Waals surface area contributed by atoms with Crippen LogP contribution in [-0.2, 0) is 6.54 Å². The maximum atomic E-state index is 5.18. The third-order valence-corrected chi connectivity index (χ3v) is 7.45. The van der Waals surface area contributed by atoms with Gasteiger partial charge in [-0.3, -0.25) is 20.0 Å². The summed E-state index contributed by atoms with van der Waals surface area (Å²) in [7, 11) is 0. The second kappa shape index (κ2) is 18.3. The van der Waals surface area contributed by atoms with Crippen LogP contribution in [0.4, 0.5) is 0 Å². The van der Waals surface area contributed by atoms with Crippen molar-refractivity contribution < 1.29 is 0 Å². The average Bonchev–Trinajstić information content (AvgIpc) is 3.16. The van der Waals surface area contributed by atoms with Crippen molar-refractivity contribution in [1.29, 1.82) is 0 Å². The molecule has 6 aromatic rings. The maximum absolute atomic E-state index is 5.18. The molecule has 0 radical (unpaired) electrons. The van der Waals surface area contributed by atoms with Crippen LogP contribution in [0.5, 0.6) is 0 Å². The topological polar surface area (TPSA) is 50.5 Å². The summed E-state index contributed by atoms with van der Waals surface area (Å²) in [5, 5.41) is 0. The summed E-state index contributed by atoms with van der Waals surface area (Å²) >= 11 is 0. The van der Waals surface area contributed by atoms with Gasteiger partial charge in [-0.15, -0.1) is 0 Å². The Morgan fingerprint density at radius 1 is 0.553 bits per heavy atom. The van der Waals surface area contributed by atoms with E-state index in [9.17, 15) is 0 Å². The van der Waals surface area contributed by atoms with E-state index in [4.69, 9.17) is 9.98 Å². The van der Waals surface area contributed by atoms with Crippen LogP contribution in [0.2, 0.25) is 0 Å². The Hall–Kier alpha value is -5.74. The van der Waals surface area contributed by atoms with E-state index in [1.54, 1.807) is 6.20 Å². The molecule has 0 saturated carbocycles. The summed E-state index contributed by atoms with van der Waals surface area (Å²) in [6.45, 7) is 2.78. The molecule has 47 heavy (non-hydrogen) atoms. The summed E-state index contributed by atoms with van der Waals surface area (Å²) in [6.07, 6.45) is 13.7. The van der Waals surface area contributed by atoms with Crippen molar-refractivity contribution in [3.05, 3.63) is 216 Å². The second-order valence-electron chi connectivity index (χ2n) is 10.9. The van der Waals surface area contributed by atoms with Crippen LogP contribution < -0.4 is 0 Å². The third-order valence-electron chi connectivity index (χ3n) is 7.45. The maximum Gasteiger partial charge on any atom is 0.0805 e. The predicted octanol–water partition coefficient (Wildman–Crippen LogP) is 10.1. The minimum atomic E-state index is 0.0434. The van der Waals surface area contributed by atoms with Crippen molar-refractivity contribution in [3.63, 3.8) is 0 Å². The fourth-order valence-electron chi connectivity index (χ4n) is 5.10. The summed E-state index contributed by atoms with van der Waals surface area (Å²) in [6, 6.07) is 49.5. The molecule has 232 valence electrons. The molecule has 2 heterocycles. The molecule has 0 N–H and O–H groups in total. The standard InChI is InChI=1S/C24H24N2.C19H16N2/c1-2-3-6-17-23(22-16-11-18-25-19-22)26-24(20-12-7-4-8-13-20)21-14-9-5-10-15-21;1-3-9-17(10-4-1)19(18-11-5-2-6-12-18)21-15-16-8-7-13-20-14-16/h3-16,18-19,23H,2,17H2,1H3;1-14H,15H2/b6-3-;. The van der Waals surface area contributed by atoms with Gasteiger partial charge >= 0.3 is 0 Å². The Morgan fingerprint density at radius 2 is 1.04 bits per heavy atom. The molecule has 2 aromatic heterocycles. The van der Waals surface area contributed by atoms with E-state index in [0.717, 1.165) is 57.6 Å². The van der Waals surface area contributed by atoms with Crippen molar-refractivity contribution in [2.75, 3.05) is 0 Å². The first kappa shape index (κ1) is 32.6. The molecule has 0 amide bonds. The van der Waals surface area contributed by atoms with E-state index >= 15 is 0 Å². The predicted molar refractivity (Wildman–Crippen MR) is 196 cm³/mol. The van der Waals surface area contributed by atoms with Crippen molar-refractivity contribution in [2.45, 2.75) is 32.4 Å². The number of aliphatic imine (C=N–C) groups is 2. The van der Waals surface area contributed by atoms with Gasteiger partial charge in [0, 0.05) is 47.0 Å². The van der Waals surface area contributed by atoms with E-state index in [1.165, 1.54) is 0 Å². The normalized spacial score (nSPS) is 11.2. The van der Waals surface area contributed by atoms with E-state index < -0.39 is 0 Å². The Balaban J connectivity index is 0.000000189. The second-order valence-corrected chi connectivity index (χ2v) is 10.9. The summed E-state index contributed by atoms with van der Waals surface area (Å²) in [5.41, 5.74) is 8.81. The lowest BCUT2D eigenvalue weighted by Crippen LogP contribution is -2.07. The third kappa shape index (κ3) is 10.1. The number of hydrogen-bond donors (Lipinski definition) is 0. The van der Waals surface area contributed by atoms with E-state index in [-0.39, 0.29) is 6.04 Å². The van der Waals surface area contributed by atoms with Gasteiger partial charge in [0.05, 0.1) is 24.0 Å². The van der Waals surface area contributed by atoms with Crippen molar-refractivity contribution >= 4 is 11.4 Å². The van der Waals surface area contributed by atoms with Gasteiger partial charge in [0.25, 0.3) is 0 Å². The van der Waals surface area contributed by atoms with E-state index in [1.807, 2.05) is 85.3 Å². The number of rotatable bonds is 11. The van der Waals surface area contributed by atoms with Gasteiger partial charge in [-0.05, 0) is 36.1 Å². The Kier molecular flexibility index (Phi) is 12.7. The highest BCUT2D eigenvalue weighted by atomic mass is 14.8. The molecular weight excluding hydrogens is 573 g/mol. The molecule has 0 fully saturated rings. The van der Waals surface area contributed by atoms with Crippen LogP contribution in [-0.4, -0.2) is 21.4 Å². The molecule has 6 rings (SSSR count). The molecule has 0 aliphatic carbocycles. The molecule has 0 bridgehead atoms. The van der Waals surface area contributed by atoms with Crippen LogP contribution in [0.25, 0.3) is 0 Å². The molecule has 0 aliphatic rings. The first-order valence-corrected chi connectivity index (χ1v) is 16.1. The molecule has 4 nitrogen and oxygen atoms in total. The number of benzene rings is 4. The van der Waals surface area contributed by atoms with Gasteiger partial charge in [0.1, 0.15) is 0 Å². The highest BCUT2D eigenvalue weighted by Gasteiger charge is 2.13. The fraction of sp³-hybridized carbons (Fsp3) is 0.116. The van der Waals surface area contributed by atoms with Crippen LogP contribution in [0.15, 0.2) is 193 Å². The van der Waals surface area contributed by atoms with Crippen molar-refractivity contribution in [3.8, 4) is 0 Å². The summed E-state index contributed by atoms with van der Waals surface area (Å²) in [5.74, 6) is 0. The molecule has 0 aliphatic heterocycles. The largest absolute Gasteiger partial charge is 0.279 e. The molecule has 0 spiro atoms. The zero-order valence-corrected chi connectivity index (χ0v) is 26.8. The van der Waals surface area contributed by atoms with Crippen LogP contribution in [0, 0.1) is 0 Å². The van der Waals surface area contributed by atoms with Crippen LogP contribution in [0.3, 0.4) is 0 Å². The zero-order chi connectivity index (χ0) is 32.4. The number of nitrogens with zero attached hydrogens (tertiary/aromatic N) is 4. The van der Waals surface area contributed by atoms with Crippen LogP contribution >= 0.6 is 0 Å². The van der Waals surface area contributed by atoms with Gasteiger partial charge in [0.2, 0.25) is 0 Å². The Bertz CT molecular complexity index is 1740. The number of aromatic nitrogens is 2. The monoisotopic (exact) mass is 612 g/mol. The lowest BCUT2D eigenvalue weighted by atomic mass is 10.00. The molecule has 1 atom stereocenters. The van der Waals surface area contributed by atoms with Gasteiger partial charge < -0.3 is 0 Å². The minimum absolute atomic E-state index is 0.0434. The van der Waals surface area contributed by atoms with Gasteiger partial charge in [-0.1, -0.05) is 153 Å². The van der Waals surface area contributed by atoms with Crippen molar-refractivity contribution in [1.82, 2.24) is 9.97 Å². The molecule has 0 saturated heterocycles. The molecule has 4 aromatic carbocycles. The first-order chi connectivity index (χ1) is 23.3. The molecule has 1 unspecified atom stereocenters. The lowest BCUT2D eigenvalue weighted by Gasteiger charge is -2.15. The minimum Gasteiger partial charge on any atom is -0.279 e. The quantitative estimate of drug-likeness (QED) is 0.108. The number of hydrogen-bond acceptors (Lipinski definition) is 4. The molecule has 4 heteroatoms. The van der Waals surface area contributed by atoms with Gasteiger partial charge in [-0.2, -0.15) is 0 Å². The Labute approximate surface area is 279 Å². The summed E-state index contributed by atoms with van der Waals surface area (Å²) in [4.78, 5) is 18.4. The van der Waals surface area contributed by atoms with Crippen LogP contribution in [0.1, 0.15) is 59.2 Å². The van der Waals surface area contributed by atoms with Gasteiger partial charge in [-0.25, -0.2) is 0 Å². The highest BCUT2D eigenvalue weighted by Crippen LogP contribution is 2.24.